The van der Waals surface area contributed by atoms with E-state index in [2.05, 4.69) is 50.2 Å². The van der Waals surface area contributed by atoms with Crippen LogP contribution in [0.3, 0.4) is 0 Å². The summed E-state index contributed by atoms with van der Waals surface area (Å²) in [5, 5.41) is 13.8. The number of hydrogen-bond donors (Lipinski definition) is 2. The van der Waals surface area contributed by atoms with Crippen LogP contribution in [0.5, 0.6) is 0 Å². The van der Waals surface area contributed by atoms with Crippen LogP contribution in [0.1, 0.15) is 37.5 Å². The fourth-order valence-electron chi connectivity index (χ4n) is 3.00. The normalized spacial score (nSPS) is 29.4. The highest BCUT2D eigenvalue weighted by molar-refractivity contribution is 5.23. The maximum Gasteiger partial charge on any atom is 0.0914 e. The Hall–Kier alpha value is -0.900. The van der Waals surface area contributed by atoms with Crippen LogP contribution in [0, 0.1) is 12.8 Å². The van der Waals surface area contributed by atoms with Crippen molar-refractivity contribution in [1.82, 2.24) is 10.2 Å². The number of aryl methyl sites for hydroxylation is 1. The maximum atomic E-state index is 10.3. The molecule has 4 atom stereocenters. The highest BCUT2D eigenvalue weighted by Crippen LogP contribution is 2.21. The molecule has 1 aliphatic rings. The SMILES string of the molecule is Cc1ccc(C(O)CNC2CC(C)N(C)CC2C)cc1. The molecule has 1 aromatic rings. The molecule has 20 heavy (non-hydrogen) atoms. The number of aliphatic hydroxyl groups is 1. The lowest BCUT2D eigenvalue weighted by Crippen LogP contribution is -2.51. The minimum atomic E-state index is -0.419. The fraction of sp³-hybridized carbons (Fsp3) is 0.647. The van der Waals surface area contributed by atoms with Crippen molar-refractivity contribution in [1.29, 1.82) is 0 Å². The van der Waals surface area contributed by atoms with Crippen LogP contribution in [0.25, 0.3) is 0 Å². The highest BCUT2D eigenvalue weighted by atomic mass is 16.3. The molecule has 0 spiro atoms. The molecular formula is C17H28N2O. The first-order valence-corrected chi connectivity index (χ1v) is 7.65. The minimum Gasteiger partial charge on any atom is -0.387 e. The molecule has 1 saturated heterocycles. The molecule has 0 saturated carbocycles. The highest BCUT2D eigenvalue weighted by Gasteiger charge is 2.28. The van der Waals surface area contributed by atoms with Gasteiger partial charge in [-0.15, -0.1) is 0 Å². The first-order chi connectivity index (χ1) is 9.47. The Morgan fingerprint density at radius 3 is 2.60 bits per heavy atom. The summed E-state index contributed by atoms with van der Waals surface area (Å²) in [5.41, 5.74) is 2.23. The number of benzene rings is 1. The van der Waals surface area contributed by atoms with Gasteiger partial charge in [-0.2, -0.15) is 0 Å². The molecule has 2 rings (SSSR count). The van der Waals surface area contributed by atoms with Crippen LogP contribution in [-0.2, 0) is 0 Å². The van der Waals surface area contributed by atoms with E-state index in [-0.39, 0.29) is 0 Å². The van der Waals surface area contributed by atoms with Gasteiger partial charge in [-0.3, -0.25) is 0 Å². The summed E-state index contributed by atoms with van der Waals surface area (Å²) in [7, 11) is 2.19. The molecule has 0 aromatic heterocycles. The number of piperidine rings is 1. The Bertz CT molecular complexity index is 418. The first-order valence-electron chi connectivity index (χ1n) is 7.65. The Kier molecular flexibility index (Phi) is 5.19. The molecule has 0 radical (unpaired) electrons. The molecule has 3 heteroatoms. The van der Waals surface area contributed by atoms with Gasteiger partial charge >= 0.3 is 0 Å². The lowest BCUT2D eigenvalue weighted by Gasteiger charge is -2.40. The van der Waals surface area contributed by atoms with Gasteiger partial charge in [0.1, 0.15) is 0 Å². The van der Waals surface area contributed by atoms with Gasteiger partial charge in [0.2, 0.25) is 0 Å². The lowest BCUT2D eigenvalue weighted by molar-refractivity contribution is 0.106. The summed E-state index contributed by atoms with van der Waals surface area (Å²) in [6.07, 6.45) is 0.732. The van der Waals surface area contributed by atoms with Gasteiger partial charge in [0.25, 0.3) is 0 Å². The Morgan fingerprint density at radius 1 is 1.30 bits per heavy atom. The average Bonchev–Trinajstić information content (AvgIpc) is 2.42. The van der Waals surface area contributed by atoms with Crippen molar-refractivity contribution in [3.05, 3.63) is 35.4 Å². The summed E-state index contributed by atoms with van der Waals surface area (Å²) in [5.74, 6) is 0.626. The second-order valence-electron chi connectivity index (χ2n) is 6.44. The molecular weight excluding hydrogens is 248 g/mol. The van der Waals surface area contributed by atoms with Crippen LogP contribution in [0.2, 0.25) is 0 Å². The number of hydrogen-bond acceptors (Lipinski definition) is 3. The summed E-state index contributed by atoms with van der Waals surface area (Å²) in [6.45, 7) is 8.39. The van der Waals surface area contributed by atoms with Crippen molar-refractivity contribution in [3.63, 3.8) is 0 Å². The summed E-state index contributed by atoms with van der Waals surface area (Å²) < 4.78 is 0. The fourth-order valence-corrected chi connectivity index (χ4v) is 3.00. The average molecular weight is 276 g/mol. The van der Waals surface area contributed by atoms with Gasteiger partial charge in [0.05, 0.1) is 6.10 Å². The minimum absolute atomic E-state index is 0.419. The van der Waals surface area contributed by atoms with Crippen molar-refractivity contribution >= 4 is 0 Å². The summed E-state index contributed by atoms with van der Waals surface area (Å²) >= 11 is 0. The summed E-state index contributed by atoms with van der Waals surface area (Å²) in [4.78, 5) is 2.42. The smallest absolute Gasteiger partial charge is 0.0914 e. The topological polar surface area (TPSA) is 35.5 Å². The quantitative estimate of drug-likeness (QED) is 0.886. The van der Waals surface area contributed by atoms with E-state index in [4.69, 9.17) is 0 Å². The Labute approximate surface area is 123 Å². The molecule has 0 bridgehead atoms. The van der Waals surface area contributed by atoms with E-state index in [0.717, 1.165) is 18.5 Å². The van der Waals surface area contributed by atoms with Crippen LogP contribution >= 0.6 is 0 Å². The largest absolute Gasteiger partial charge is 0.387 e. The number of nitrogens with zero attached hydrogens (tertiary/aromatic N) is 1. The number of rotatable bonds is 4. The third-order valence-corrected chi connectivity index (χ3v) is 4.65. The van der Waals surface area contributed by atoms with Crippen molar-refractivity contribution in [3.8, 4) is 0 Å². The molecule has 112 valence electrons. The van der Waals surface area contributed by atoms with Gasteiger partial charge in [-0.25, -0.2) is 0 Å². The lowest BCUT2D eigenvalue weighted by atomic mass is 9.89. The predicted molar refractivity (Wildman–Crippen MR) is 83.8 cm³/mol. The molecule has 1 aliphatic heterocycles. The molecule has 1 aromatic carbocycles. The zero-order valence-corrected chi connectivity index (χ0v) is 13.1. The van der Waals surface area contributed by atoms with Crippen LogP contribution < -0.4 is 5.32 Å². The van der Waals surface area contributed by atoms with Gasteiger partial charge in [0.15, 0.2) is 0 Å². The van der Waals surface area contributed by atoms with E-state index in [1.165, 1.54) is 5.56 Å². The number of nitrogens with one attached hydrogen (secondary N) is 1. The van der Waals surface area contributed by atoms with Crippen molar-refractivity contribution in [2.24, 2.45) is 5.92 Å². The zero-order valence-electron chi connectivity index (χ0n) is 13.1. The standard InChI is InChI=1S/C17H28N2O/c1-12-5-7-15(8-6-12)17(20)10-18-16-9-14(3)19(4)11-13(16)2/h5-8,13-14,16-18,20H,9-11H2,1-4H3. The van der Waals surface area contributed by atoms with E-state index in [0.29, 0.717) is 24.5 Å². The Balaban J connectivity index is 1.86. The van der Waals surface area contributed by atoms with E-state index in [1.807, 2.05) is 12.1 Å². The molecule has 1 fully saturated rings. The third-order valence-electron chi connectivity index (χ3n) is 4.65. The molecule has 0 amide bonds. The van der Waals surface area contributed by atoms with Gasteiger partial charge in [0, 0.05) is 25.2 Å². The van der Waals surface area contributed by atoms with Gasteiger partial charge < -0.3 is 15.3 Å². The summed E-state index contributed by atoms with van der Waals surface area (Å²) in [6, 6.07) is 9.25. The van der Waals surface area contributed by atoms with Crippen LogP contribution in [0.15, 0.2) is 24.3 Å². The second kappa shape index (κ2) is 6.70. The number of likely N-dealkylation sites (tertiary alicyclic amines) is 1. The zero-order chi connectivity index (χ0) is 14.7. The van der Waals surface area contributed by atoms with Crippen LogP contribution in [0.4, 0.5) is 0 Å². The first kappa shape index (κ1) is 15.5. The molecule has 4 unspecified atom stereocenters. The molecule has 2 N–H and O–H groups in total. The van der Waals surface area contributed by atoms with E-state index in [1.54, 1.807) is 0 Å². The maximum absolute atomic E-state index is 10.3. The van der Waals surface area contributed by atoms with Crippen molar-refractivity contribution in [2.45, 2.75) is 45.4 Å². The monoisotopic (exact) mass is 276 g/mol. The van der Waals surface area contributed by atoms with Crippen molar-refractivity contribution in [2.75, 3.05) is 20.1 Å². The number of aliphatic hydroxyl groups excluding tert-OH is 1. The van der Waals surface area contributed by atoms with Gasteiger partial charge in [-0.1, -0.05) is 36.8 Å². The van der Waals surface area contributed by atoms with E-state index >= 15 is 0 Å². The predicted octanol–water partition coefficient (Wildman–Crippen LogP) is 2.35. The van der Waals surface area contributed by atoms with Crippen LogP contribution in [-0.4, -0.2) is 42.2 Å². The van der Waals surface area contributed by atoms with Crippen molar-refractivity contribution < 1.29 is 5.11 Å². The van der Waals surface area contributed by atoms with E-state index < -0.39 is 6.10 Å². The molecule has 3 nitrogen and oxygen atoms in total. The molecule has 0 aliphatic carbocycles. The second-order valence-corrected chi connectivity index (χ2v) is 6.44. The Morgan fingerprint density at radius 2 is 1.95 bits per heavy atom. The third kappa shape index (κ3) is 3.81. The van der Waals surface area contributed by atoms with E-state index in [9.17, 15) is 5.11 Å². The molecule has 1 heterocycles. The van der Waals surface area contributed by atoms with Gasteiger partial charge in [-0.05, 0) is 38.8 Å².